The van der Waals surface area contributed by atoms with Gasteiger partial charge in [0.05, 0.1) is 6.04 Å². The van der Waals surface area contributed by atoms with E-state index in [1.165, 1.54) is 0 Å². The summed E-state index contributed by atoms with van der Waals surface area (Å²) in [5.41, 5.74) is 0.983. The quantitative estimate of drug-likeness (QED) is 0.932. The van der Waals surface area contributed by atoms with Gasteiger partial charge in [0, 0.05) is 44.2 Å². The fourth-order valence-corrected chi connectivity index (χ4v) is 2.70. The Kier molecular flexibility index (Phi) is 3.88. The number of hydrogen-bond donors (Lipinski definition) is 1. The summed E-state index contributed by atoms with van der Waals surface area (Å²) < 4.78 is 7.87. The van der Waals surface area contributed by atoms with Crippen LogP contribution in [0.25, 0.3) is 0 Å². The number of anilines is 1. The molecule has 1 aliphatic heterocycles. The van der Waals surface area contributed by atoms with Crippen molar-refractivity contribution in [2.45, 2.75) is 38.8 Å². The van der Waals surface area contributed by atoms with Crippen LogP contribution in [-0.4, -0.2) is 32.2 Å². The minimum atomic E-state index is -0.0367. The van der Waals surface area contributed by atoms with E-state index in [0.717, 1.165) is 42.6 Å². The van der Waals surface area contributed by atoms with Crippen molar-refractivity contribution in [1.29, 1.82) is 0 Å². The molecule has 1 aliphatic rings. The SMILES string of the molecule is CCc1nc(C)cc(N[C@H]2CCO[C@@H]2c2nccn2C)n1. The van der Waals surface area contributed by atoms with Crippen LogP contribution < -0.4 is 5.32 Å². The molecule has 1 fully saturated rings. The Morgan fingerprint density at radius 3 is 3.00 bits per heavy atom. The third-order valence-electron chi connectivity index (χ3n) is 3.75. The smallest absolute Gasteiger partial charge is 0.139 e. The molecule has 1 N–H and O–H groups in total. The number of rotatable bonds is 4. The first-order valence-corrected chi connectivity index (χ1v) is 7.37. The van der Waals surface area contributed by atoms with Crippen molar-refractivity contribution in [2.75, 3.05) is 11.9 Å². The van der Waals surface area contributed by atoms with Crippen LogP contribution in [0.5, 0.6) is 0 Å². The van der Waals surface area contributed by atoms with Crippen LogP contribution in [0, 0.1) is 6.92 Å². The number of aryl methyl sites for hydroxylation is 3. The standard InChI is InChI=1S/C15H21N5O/c1-4-12-17-10(2)9-13(19-12)18-11-5-8-21-14(11)15-16-6-7-20(15)3/h6-7,9,11,14H,4-5,8H2,1-3H3,(H,17,18,19)/t11-,14-/m0/s1. The molecule has 0 amide bonds. The molecule has 6 heteroatoms. The molecule has 2 aromatic heterocycles. The molecule has 0 bridgehead atoms. The van der Waals surface area contributed by atoms with Gasteiger partial charge in [0.15, 0.2) is 0 Å². The molecule has 3 heterocycles. The lowest BCUT2D eigenvalue weighted by molar-refractivity contribution is 0.0983. The summed E-state index contributed by atoms with van der Waals surface area (Å²) in [6.07, 6.45) is 5.49. The molecule has 0 aromatic carbocycles. The lowest BCUT2D eigenvalue weighted by atomic mass is 10.1. The monoisotopic (exact) mass is 287 g/mol. The highest BCUT2D eigenvalue weighted by atomic mass is 16.5. The molecule has 3 rings (SSSR count). The van der Waals surface area contributed by atoms with Gasteiger partial charge in [0.2, 0.25) is 0 Å². The largest absolute Gasteiger partial charge is 0.368 e. The maximum Gasteiger partial charge on any atom is 0.139 e. The predicted octanol–water partition coefficient (Wildman–Crippen LogP) is 2.02. The first-order valence-electron chi connectivity index (χ1n) is 7.37. The third-order valence-corrected chi connectivity index (χ3v) is 3.75. The van der Waals surface area contributed by atoms with Crippen LogP contribution in [0.1, 0.15) is 36.8 Å². The van der Waals surface area contributed by atoms with Crippen molar-refractivity contribution in [1.82, 2.24) is 19.5 Å². The van der Waals surface area contributed by atoms with Gasteiger partial charge in [0.1, 0.15) is 23.6 Å². The van der Waals surface area contributed by atoms with E-state index >= 15 is 0 Å². The van der Waals surface area contributed by atoms with E-state index in [0.29, 0.717) is 0 Å². The Morgan fingerprint density at radius 1 is 1.43 bits per heavy atom. The average Bonchev–Trinajstić information content (AvgIpc) is 3.06. The van der Waals surface area contributed by atoms with E-state index in [1.807, 2.05) is 30.8 Å². The highest BCUT2D eigenvalue weighted by molar-refractivity contribution is 5.38. The van der Waals surface area contributed by atoms with Crippen molar-refractivity contribution >= 4 is 5.82 Å². The van der Waals surface area contributed by atoms with Gasteiger partial charge < -0.3 is 14.6 Å². The topological polar surface area (TPSA) is 64.9 Å². The van der Waals surface area contributed by atoms with Crippen LogP contribution in [0.15, 0.2) is 18.5 Å². The second-order valence-electron chi connectivity index (χ2n) is 5.39. The predicted molar refractivity (Wildman–Crippen MR) is 80.1 cm³/mol. The second kappa shape index (κ2) is 5.81. The Labute approximate surface area is 124 Å². The van der Waals surface area contributed by atoms with E-state index in [-0.39, 0.29) is 12.1 Å². The summed E-state index contributed by atoms with van der Waals surface area (Å²) in [5.74, 6) is 2.69. The van der Waals surface area contributed by atoms with E-state index < -0.39 is 0 Å². The van der Waals surface area contributed by atoms with Crippen molar-refractivity contribution in [3.63, 3.8) is 0 Å². The van der Waals surface area contributed by atoms with Gasteiger partial charge in [-0.05, 0) is 13.3 Å². The van der Waals surface area contributed by atoms with Gasteiger partial charge in [-0.2, -0.15) is 0 Å². The summed E-state index contributed by atoms with van der Waals surface area (Å²) in [7, 11) is 1.99. The van der Waals surface area contributed by atoms with Crippen molar-refractivity contribution in [2.24, 2.45) is 7.05 Å². The molecular formula is C15H21N5O. The van der Waals surface area contributed by atoms with Crippen molar-refractivity contribution in [3.8, 4) is 0 Å². The molecule has 21 heavy (non-hydrogen) atoms. The zero-order valence-electron chi connectivity index (χ0n) is 12.7. The summed E-state index contributed by atoms with van der Waals surface area (Å²) in [5, 5.41) is 3.49. The molecule has 6 nitrogen and oxygen atoms in total. The maximum atomic E-state index is 5.86. The first kappa shape index (κ1) is 14.0. The summed E-state index contributed by atoms with van der Waals surface area (Å²) in [4.78, 5) is 13.4. The van der Waals surface area contributed by atoms with Gasteiger partial charge in [-0.25, -0.2) is 15.0 Å². The first-order chi connectivity index (χ1) is 10.2. The molecular weight excluding hydrogens is 266 g/mol. The number of ether oxygens (including phenoxy) is 1. The molecule has 0 aliphatic carbocycles. The average molecular weight is 287 g/mol. The Hall–Kier alpha value is -1.95. The van der Waals surface area contributed by atoms with Crippen LogP contribution >= 0.6 is 0 Å². The third kappa shape index (κ3) is 2.90. The number of imidazole rings is 1. The minimum absolute atomic E-state index is 0.0367. The fraction of sp³-hybridized carbons (Fsp3) is 0.533. The van der Waals surface area contributed by atoms with E-state index in [1.54, 1.807) is 6.20 Å². The Balaban J connectivity index is 1.81. The molecule has 0 radical (unpaired) electrons. The molecule has 2 atom stereocenters. The number of nitrogens with zero attached hydrogens (tertiary/aromatic N) is 4. The van der Waals surface area contributed by atoms with Crippen molar-refractivity contribution < 1.29 is 4.74 Å². The van der Waals surface area contributed by atoms with Gasteiger partial charge in [-0.15, -0.1) is 0 Å². The number of nitrogens with one attached hydrogen (secondary N) is 1. The number of aromatic nitrogens is 4. The lowest BCUT2D eigenvalue weighted by Crippen LogP contribution is -2.26. The van der Waals surface area contributed by atoms with Crippen molar-refractivity contribution in [3.05, 3.63) is 35.8 Å². The van der Waals surface area contributed by atoms with Crippen LogP contribution in [0.4, 0.5) is 5.82 Å². The van der Waals surface area contributed by atoms with E-state index in [4.69, 9.17) is 4.74 Å². The highest BCUT2D eigenvalue weighted by Gasteiger charge is 2.32. The Bertz CT molecular complexity index is 624. The zero-order valence-corrected chi connectivity index (χ0v) is 12.7. The maximum absolute atomic E-state index is 5.86. The summed E-state index contributed by atoms with van der Waals surface area (Å²) in [6.45, 7) is 4.79. The zero-order chi connectivity index (χ0) is 14.8. The fourth-order valence-electron chi connectivity index (χ4n) is 2.70. The summed E-state index contributed by atoms with van der Waals surface area (Å²) >= 11 is 0. The molecule has 1 saturated heterocycles. The normalized spacial score (nSPS) is 21.7. The summed E-state index contributed by atoms with van der Waals surface area (Å²) in [6, 6.07) is 2.16. The lowest BCUT2D eigenvalue weighted by Gasteiger charge is -2.20. The van der Waals surface area contributed by atoms with Gasteiger partial charge >= 0.3 is 0 Å². The van der Waals surface area contributed by atoms with Crippen LogP contribution in [0.2, 0.25) is 0 Å². The minimum Gasteiger partial charge on any atom is -0.368 e. The molecule has 0 saturated carbocycles. The van der Waals surface area contributed by atoms with Crippen LogP contribution in [-0.2, 0) is 18.2 Å². The van der Waals surface area contributed by atoms with Gasteiger partial charge in [0.25, 0.3) is 0 Å². The van der Waals surface area contributed by atoms with E-state index in [9.17, 15) is 0 Å². The molecule has 112 valence electrons. The van der Waals surface area contributed by atoms with Gasteiger partial charge in [-0.1, -0.05) is 6.92 Å². The Morgan fingerprint density at radius 2 is 2.29 bits per heavy atom. The van der Waals surface area contributed by atoms with E-state index in [2.05, 4.69) is 27.2 Å². The number of hydrogen-bond acceptors (Lipinski definition) is 5. The van der Waals surface area contributed by atoms with Crippen LogP contribution in [0.3, 0.4) is 0 Å². The molecule has 2 aromatic rings. The molecule has 0 unspecified atom stereocenters. The van der Waals surface area contributed by atoms with Gasteiger partial charge in [-0.3, -0.25) is 0 Å². The molecule has 0 spiro atoms. The highest BCUT2D eigenvalue weighted by Crippen LogP contribution is 2.30. The second-order valence-corrected chi connectivity index (χ2v) is 5.39.